The zero-order chi connectivity index (χ0) is 23.9. The fourth-order valence-electron chi connectivity index (χ4n) is 4.34. The van der Waals surface area contributed by atoms with E-state index in [2.05, 4.69) is 92.8 Å². The fourth-order valence-corrected chi connectivity index (χ4v) is 5.48. The lowest BCUT2D eigenvalue weighted by Crippen LogP contribution is -2.58. The first kappa shape index (κ1) is 22.5. The number of nitrogens with zero attached hydrogens (tertiary/aromatic N) is 3. The molecule has 2 aliphatic rings. The average Bonchev–Trinajstić information content (AvgIpc) is 2.70. The van der Waals surface area contributed by atoms with E-state index in [4.69, 9.17) is 19.7 Å². The Hall–Kier alpha value is -2.34. The largest absolute Gasteiger partial charge is 0.440 e. The van der Waals surface area contributed by atoms with Crippen LogP contribution in [0.15, 0.2) is 40.4 Å². The predicted molar refractivity (Wildman–Crippen MR) is 138 cm³/mol. The Morgan fingerprint density at radius 1 is 0.758 bits per heavy atom. The van der Waals surface area contributed by atoms with Crippen molar-refractivity contribution in [3.05, 3.63) is 47.5 Å². The van der Waals surface area contributed by atoms with Gasteiger partial charge in [0.15, 0.2) is 0 Å². The fraction of sp³-hybridized carbons (Fsp3) is 0.444. The molecule has 0 amide bonds. The topological polar surface area (TPSA) is 47.9 Å². The highest BCUT2D eigenvalue weighted by Gasteiger charge is 2.42. The van der Waals surface area contributed by atoms with Gasteiger partial charge in [0.25, 0.3) is 6.71 Å². The summed E-state index contributed by atoms with van der Waals surface area (Å²) >= 11 is 1.74. The van der Waals surface area contributed by atoms with Crippen LogP contribution >= 0.6 is 11.8 Å². The van der Waals surface area contributed by atoms with Crippen LogP contribution in [-0.2, 0) is 16.2 Å². The Kier molecular flexibility index (Phi) is 4.82. The maximum Gasteiger partial charge on any atom is 0.260 e. The molecule has 6 heteroatoms. The van der Waals surface area contributed by atoms with E-state index in [1.54, 1.807) is 11.8 Å². The lowest BCUT2D eigenvalue weighted by Gasteiger charge is -2.34. The quantitative estimate of drug-likeness (QED) is 0.311. The first-order valence-corrected chi connectivity index (χ1v) is 12.5. The van der Waals surface area contributed by atoms with Crippen LogP contribution in [0.3, 0.4) is 0 Å². The van der Waals surface area contributed by atoms with Gasteiger partial charge in [0.05, 0.1) is 5.69 Å². The molecule has 0 radical (unpaired) electrons. The summed E-state index contributed by atoms with van der Waals surface area (Å²) < 4.78 is 6.50. The van der Waals surface area contributed by atoms with Gasteiger partial charge in [-0.05, 0) is 23.1 Å². The molecule has 4 nitrogen and oxygen atoms in total. The van der Waals surface area contributed by atoms with Crippen molar-refractivity contribution in [1.29, 1.82) is 0 Å². The van der Waals surface area contributed by atoms with Crippen LogP contribution in [0.4, 0.5) is 0 Å². The molecule has 0 aromatic carbocycles. The summed E-state index contributed by atoms with van der Waals surface area (Å²) in [6, 6.07) is 8.69. The van der Waals surface area contributed by atoms with Crippen molar-refractivity contribution in [3.63, 3.8) is 0 Å². The van der Waals surface area contributed by atoms with Crippen LogP contribution < -0.4 is 21.1 Å². The smallest absolute Gasteiger partial charge is 0.260 e. The third kappa shape index (κ3) is 3.76. The molecular formula is C27H32BN3OS. The van der Waals surface area contributed by atoms with Crippen molar-refractivity contribution >= 4 is 34.9 Å². The van der Waals surface area contributed by atoms with Crippen molar-refractivity contribution < 1.29 is 4.74 Å². The van der Waals surface area contributed by atoms with Gasteiger partial charge in [-0.2, -0.15) is 0 Å². The Morgan fingerprint density at radius 2 is 1.42 bits per heavy atom. The standard InChI is InChI=1S/C27H32BN3OS/c1-25(2,3)19-11-10-15-23(30-19)32-17-12-21(27(7,8)9)31-24-22(17)28(15)16-14-29-20(26(4,5)6)13-18(16)33-24/h10-14H,1-9H3. The van der Waals surface area contributed by atoms with E-state index < -0.39 is 0 Å². The number of aromatic nitrogens is 3. The third-order valence-electron chi connectivity index (χ3n) is 6.40. The van der Waals surface area contributed by atoms with Crippen molar-refractivity contribution in [2.45, 2.75) is 88.5 Å². The second-order valence-corrected chi connectivity index (χ2v) is 13.3. The molecule has 0 N–H and O–H groups in total. The molecule has 170 valence electrons. The molecule has 3 aromatic rings. The first-order chi connectivity index (χ1) is 15.2. The summed E-state index contributed by atoms with van der Waals surface area (Å²) in [4.78, 5) is 16.2. The molecule has 0 saturated carbocycles. The molecule has 33 heavy (non-hydrogen) atoms. The van der Waals surface area contributed by atoms with Crippen molar-refractivity contribution in [2.24, 2.45) is 0 Å². The van der Waals surface area contributed by atoms with Crippen molar-refractivity contribution in [1.82, 2.24) is 15.0 Å². The van der Waals surface area contributed by atoms with Crippen LogP contribution in [0.1, 0.15) is 79.4 Å². The Labute approximate surface area is 202 Å². The Morgan fingerprint density at radius 3 is 2.06 bits per heavy atom. The molecular weight excluding hydrogens is 425 g/mol. The minimum absolute atomic E-state index is 0.0154. The molecule has 3 aromatic heterocycles. The van der Waals surface area contributed by atoms with Gasteiger partial charge in [0.1, 0.15) is 10.8 Å². The third-order valence-corrected chi connectivity index (χ3v) is 7.48. The highest BCUT2D eigenvalue weighted by molar-refractivity contribution is 8.00. The summed E-state index contributed by atoms with van der Waals surface area (Å²) in [6.45, 7) is 19.8. The SMILES string of the molecule is CC(C)(C)c1cc2c(cn1)B1c3ccc(C(C)(C)C)nc3Oc3cc(C(C)(C)C)nc(c31)S2. The van der Waals surface area contributed by atoms with Gasteiger partial charge in [0.2, 0.25) is 5.88 Å². The van der Waals surface area contributed by atoms with Gasteiger partial charge in [-0.1, -0.05) is 80.1 Å². The summed E-state index contributed by atoms with van der Waals surface area (Å²) in [5.74, 6) is 1.58. The maximum atomic E-state index is 6.50. The number of fused-ring (bicyclic) bond motifs is 4. The molecule has 0 fully saturated rings. The summed E-state index contributed by atoms with van der Waals surface area (Å²) in [7, 11) is 0. The van der Waals surface area contributed by atoms with Crippen LogP contribution in [0.5, 0.6) is 11.6 Å². The summed E-state index contributed by atoms with van der Waals surface area (Å²) in [5.41, 5.74) is 6.45. The lowest BCUT2D eigenvalue weighted by atomic mass is 9.36. The number of ether oxygens (including phenoxy) is 1. The molecule has 5 rings (SSSR count). The van der Waals surface area contributed by atoms with Crippen LogP contribution in [0, 0.1) is 0 Å². The zero-order valence-electron chi connectivity index (χ0n) is 21.1. The molecule has 0 bridgehead atoms. The van der Waals surface area contributed by atoms with Crippen LogP contribution in [-0.4, -0.2) is 21.7 Å². The van der Waals surface area contributed by atoms with Gasteiger partial charge in [-0.3, -0.25) is 4.98 Å². The summed E-state index contributed by atoms with van der Waals surface area (Å²) in [6.07, 6.45) is 2.06. The van der Waals surface area contributed by atoms with Crippen LogP contribution in [0.25, 0.3) is 0 Å². The average molecular weight is 457 g/mol. The molecule has 0 atom stereocenters. The van der Waals surface area contributed by atoms with Gasteiger partial charge in [-0.15, -0.1) is 0 Å². The van der Waals surface area contributed by atoms with Gasteiger partial charge in [0, 0.05) is 50.3 Å². The maximum absolute atomic E-state index is 6.50. The van der Waals surface area contributed by atoms with Crippen LogP contribution in [0.2, 0.25) is 0 Å². The Balaban J connectivity index is 1.77. The highest BCUT2D eigenvalue weighted by Crippen LogP contribution is 2.38. The summed E-state index contributed by atoms with van der Waals surface area (Å²) in [5, 5.41) is 1.03. The zero-order valence-corrected chi connectivity index (χ0v) is 21.9. The predicted octanol–water partition coefficient (Wildman–Crippen LogP) is 4.85. The molecule has 5 heterocycles. The number of hydrogen-bond donors (Lipinski definition) is 0. The van der Waals surface area contributed by atoms with Gasteiger partial charge < -0.3 is 4.74 Å². The number of rotatable bonds is 0. The van der Waals surface area contributed by atoms with Crippen molar-refractivity contribution in [3.8, 4) is 11.6 Å². The normalized spacial score (nSPS) is 14.9. The van der Waals surface area contributed by atoms with Gasteiger partial charge >= 0.3 is 0 Å². The first-order valence-electron chi connectivity index (χ1n) is 11.7. The van der Waals surface area contributed by atoms with E-state index in [1.807, 2.05) is 0 Å². The van der Waals surface area contributed by atoms with E-state index in [0.29, 0.717) is 5.88 Å². The minimum Gasteiger partial charge on any atom is -0.440 e. The van der Waals surface area contributed by atoms with E-state index in [9.17, 15) is 0 Å². The lowest BCUT2D eigenvalue weighted by molar-refractivity contribution is 0.450. The molecule has 0 unspecified atom stereocenters. The van der Waals surface area contributed by atoms with E-state index >= 15 is 0 Å². The monoisotopic (exact) mass is 457 g/mol. The minimum atomic E-state index is -0.0823. The van der Waals surface area contributed by atoms with E-state index in [1.165, 1.54) is 10.4 Å². The van der Waals surface area contributed by atoms with Crippen molar-refractivity contribution in [2.75, 3.05) is 0 Å². The Bertz CT molecular complexity index is 1190. The number of pyridine rings is 3. The molecule has 0 aliphatic carbocycles. The molecule has 0 saturated heterocycles. The van der Waals surface area contributed by atoms with E-state index in [-0.39, 0.29) is 23.0 Å². The molecule has 0 spiro atoms. The van der Waals surface area contributed by atoms with Gasteiger partial charge in [-0.25, -0.2) is 9.97 Å². The second-order valence-electron chi connectivity index (χ2n) is 12.3. The number of hydrogen-bond acceptors (Lipinski definition) is 5. The van der Waals surface area contributed by atoms with E-state index in [0.717, 1.165) is 38.8 Å². The highest BCUT2D eigenvalue weighted by atomic mass is 32.2. The second kappa shape index (κ2) is 7.08. The molecule has 2 aliphatic heterocycles.